The van der Waals surface area contributed by atoms with E-state index in [2.05, 4.69) is 17.1 Å². The Bertz CT molecular complexity index is 257. The molecule has 15 heavy (non-hydrogen) atoms. The van der Waals surface area contributed by atoms with E-state index in [9.17, 15) is 4.79 Å². The maximum absolute atomic E-state index is 12.1. The number of hydrogen-bond acceptors (Lipinski definition) is 2. The van der Waals surface area contributed by atoms with Gasteiger partial charge in [0.15, 0.2) is 0 Å². The lowest BCUT2D eigenvalue weighted by Crippen LogP contribution is -2.33. The van der Waals surface area contributed by atoms with Gasteiger partial charge in [0.25, 0.3) is 0 Å². The predicted molar refractivity (Wildman–Crippen MR) is 60.9 cm³/mol. The summed E-state index contributed by atoms with van der Waals surface area (Å²) >= 11 is 0. The number of piperidine rings is 1. The van der Waals surface area contributed by atoms with E-state index < -0.39 is 0 Å². The summed E-state index contributed by atoms with van der Waals surface area (Å²) in [5, 5.41) is 3.34. The number of amides is 1. The molecule has 2 saturated heterocycles. The number of nitrogens with one attached hydrogen (secondary N) is 1. The highest BCUT2D eigenvalue weighted by Crippen LogP contribution is 2.49. The third-order valence-electron chi connectivity index (χ3n) is 4.11. The molecule has 2 aliphatic heterocycles. The molecule has 3 nitrogen and oxygen atoms in total. The van der Waals surface area contributed by atoms with Gasteiger partial charge in [0.05, 0.1) is 0 Å². The van der Waals surface area contributed by atoms with Crippen LogP contribution < -0.4 is 5.32 Å². The van der Waals surface area contributed by atoms with E-state index in [0.717, 1.165) is 32.1 Å². The third kappa shape index (κ3) is 1.76. The van der Waals surface area contributed by atoms with E-state index in [4.69, 9.17) is 0 Å². The summed E-state index contributed by atoms with van der Waals surface area (Å²) in [7, 11) is 0. The summed E-state index contributed by atoms with van der Waals surface area (Å²) in [6.45, 7) is 6.39. The van der Waals surface area contributed by atoms with Gasteiger partial charge in [-0.15, -0.1) is 12.4 Å². The van der Waals surface area contributed by atoms with Crippen molar-refractivity contribution >= 4 is 18.3 Å². The van der Waals surface area contributed by atoms with Crippen LogP contribution in [-0.4, -0.2) is 37.0 Å². The molecule has 2 heterocycles. The van der Waals surface area contributed by atoms with Gasteiger partial charge in [0.2, 0.25) is 5.91 Å². The van der Waals surface area contributed by atoms with E-state index in [1.165, 1.54) is 6.42 Å². The number of carbonyl (C=O) groups excluding carboxylic acids is 1. The van der Waals surface area contributed by atoms with Gasteiger partial charge in [-0.2, -0.15) is 0 Å². The highest BCUT2D eigenvalue weighted by Gasteiger charge is 2.58. The minimum absolute atomic E-state index is 0. The van der Waals surface area contributed by atoms with Crippen molar-refractivity contribution in [3.63, 3.8) is 0 Å². The maximum atomic E-state index is 12.1. The second-order valence-corrected chi connectivity index (χ2v) is 5.19. The molecule has 3 fully saturated rings. The number of hydrogen-bond donors (Lipinski definition) is 1. The monoisotopic (exact) mass is 230 g/mol. The molecule has 0 aromatic heterocycles. The Morgan fingerprint density at radius 2 is 2.00 bits per heavy atom. The van der Waals surface area contributed by atoms with Crippen molar-refractivity contribution in [2.45, 2.75) is 13.3 Å². The van der Waals surface area contributed by atoms with Crippen molar-refractivity contribution < 1.29 is 4.79 Å². The zero-order chi connectivity index (χ0) is 9.71. The summed E-state index contributed by atoms with van der Waals surface area (Å²) in [5.41, 5.74) is 0. The molecule has 1 N–H and O–H groups in total. The second-order valence-electron chi connectivity index (χ2n) is 5.19. The van der Waals surface area contributed by atoms with E-state index in [0.29, 0.717) is 23.7 Å². The molecule has 1 aliphatic carbocycles. The Kier molecular flexibility index (Phi) is 2.95. The molecule has 1 saturated carbocycles. The molecule has 1 amide bonds. The van der Waals surface area contributed by atoms with Gasteiger partial charge in [0, 0.05) is 19.0 Å². The molecule has 3 rings (SSSR count). The molecule has 0 aromatic carbocycles. The highest BCUT2D eigenvalue weighted by molar-refractivity contribution is 5.85. The number of halogens is 1. The molecule has 0 spiro atoms. The van der Waals surface area contributed by atoms with Crippen LogP contribution in [0.15, 0.2) is 0 Å². The average Bonchev–Trinajstić information content (AvgIpc) is 2.56. The molecular formula is C11H19ClN2O. The van der Waals surface area contributed by atoms with Gasteiger partial charge < -0.3 is 10.2 Å². The Hall–Kier alpha value is -0.280. The fourth-order valence-electron chi connectivity index (χ4n) is 3.13. The molecule has 86 valence electrons. The summed E-state index contributed by atoms with van der Waals surface area (Å²) < 4.78 is 0. The number of carbonyl (C=O) groups is 1. The summed E-state index contributed by atoms with van der Waals surface area (Å²) in [4.78, 5) is 14.2. The Morgan fingerprint density at radius 3 is 2.53 bits per heavy atom. The first-order valence-electron chi connectivity index (χ1n) is 5.77. The minimum Gasteiger partial charge on any atom is -0.342 e. The summed E-state index contributed by atoms with van der Waals surface area (Å²) in [6, 6.07) is 0. The number of nitrogens with zero attached hydrogens (tertiary/aromatic N) is 1. The fourth-order valence-corrected chi connectivity index (χ4v) is 3.13. The van der Waals surface area contributed by atoms with Crippen molar-refractivity contribution in [3.8, 4) is 0 Å². The fraction of sp³-hybridized carbons (Fsp3) is 0.909. The van der Waals surface area contributed by atoms with Crippen molar-refractivity contribution in [2.75, 3.05) is 26.2 Å². The van der Waals surface area contributed by atoms with Gasteiger partial charge in [-0.25, -0.2) is 0 Å². The third-order valence-corrected chi connectivity index (χ3v) is 4.11. The maximum Gasteiger partial charge on any atom is 0.226 e. The van der Waals surface area contributed by atoms with Crippen LogP contribution >= 0.6 is 12.4 Å². The Balaban J connectivity index is 0.000000853. The molecule has 0 aromatic rings. The van der Waals surface area contributed by atoms with Gasteiger partial charge in [-0.3, -0.25) is 4.79 Å². The van der Waals surface area contributed by atoms with Crippen LogP contribution in [0.3, 0.4) is 0 Å². The van der Waals surface area contributed by atoms with Crippen LogP contribution in [-0.2, 0) is 4.79 Å². The number of rotatable bonds is 1. The SMILES string of the molecule is CC1CCN(C(=O)C2[C@H]3CNC[C@@H]23)C1.Cl. The smallest absolute Gasteiger partial charge is 0.226 e. The van der Waals surface area contributed by atoms with Gasteiger partial charge in [0.1, 0.15) is 0 Å². The molecule has 0 bridgehead atoms. The molecule has 4 heteroatoms. The van der Waals surface area contributed by atoms with E-state index in [1.54, 1.807) is 0 Å². The first kappa shape index (κ1) is 11.2. The Labute approximate surface area is 97.0 Å². The largest absolute Gasteiger partial charge is 0.342 e. The lowest BCUT2D eigenvalue weighted by Gasteiger charge is -2.17. The molecule has 3 aliphatic rings. The van der Waals surface area contributed by atoms with E-state index in [1.807, 2.05) is 0 Å². The van der Waals surface area contributed by atoms with Crippen molar-refractivity contribution in [2.24, 2.45) is 23.7 Å². The van der Waals surface area contributed by atoms with Crippen molar-refractivity contribution in [1.29, 1.82) is 0 Å². The van der Waals surface area contributed by atoms with Crippen LogP contribution in [0, 0.1) is 23.7 Å². The van der Waals surface area contributed by atoms with Crippen LogP contribution in [0.25, 0.3) is 0 Å². The van der Waals surface area contributed by atoms with Gasteiger partial charge in [-0.05, 0) is 37.3 Å². The molecule has 4 atom stereocenters. The number of likely N-dealkylation sites (tertiary alicyclic amines) is 1. The molecular weight excluding hydrogens is 212 g/mol. The molecule has 0 radical (unpaired) electrons. The number of fused-ring (bicyclic) bond motifs is 1. The second kappa shape index (κ2) is 3.95. The zero-order valence-electron chi connectivity index (χ0n) is 9.11. The minimum atomic E-state index is 0. The summed E-state index contributed by atoms with van der Waals surface area (Å²) in [6.07, 6.45) is 1.20. The van der Waals surface area contributed by atoms with Crippen LogP contribution in [0.5, 0.6) is 0 Å². The van der Waals surface area contributed by atoms with Crippen LogP contribution in [0.2, 0.25) is 0 Å². The quantitative estimate of drug-likeness (QED) is 0.721. The zero-order valence-corrected chi connectivity index (χ0v) is 9.93. The molecule has 2 unspecified atom stereocenters. The normalized spacial score (nSPS) is 42.3. The van der Waals surface area contributed by atoms with Crippen LogP contribution in [0.4, 0.5) is 0 Å². The highest BCUT2D eigenvalue weighted by atomic mass is 35.5. The van der Waals surface area contributed by atoms with E-state index in [-0.39, 0.29) is 12.4 Å². The van der Waals surface area contributed by atoms with Crippen LogP contribution in [0.1, 0.15) is 13.3 Å². The average molecular weight is 231 g/mol. The topological polar surface area (TPSA) is 32.3 Å². The van der Waals surface area contributed by atoms with Crippen molar-refractivity contribution in [1.82, 2.24) is 10.2 Å². The Morgan fingerprint density at radius 1 is 1.33 bits per heavy atom. The van der Waals surface area contributed by atoms with Crippen molar-refractivity contribution in [3.05, 3.63) is 0 Å². The summed E-state index contributed by atoms with van der Waals surface area (Å²) in [5.74, 6) is 2.92. The predicted octanol–water partition coefficient (Wildman–Crippen LogP) is 0.742. The first-order chi connectivity index (χ1) is 6.77. The lowest BCUT2D eigenvalue weighted by molar-refractivity contribution is -0.132. The first-order valence-corrected chi connectivity index (χ1v) is 5.77. The van der Waals surface area contributed by atoms with Gasteiger partial charge >= 0.3 is 0 Å². The lowest BCUT2D eigenvalue weighted by atomic mass is 10.2. The standard InChI is InChI=1S/C11H18N2O.ClH/c1-7-2-3-13(6-7)11(14)10-8-4-12-5-9(8)10;/h7-10,12H,2-6H2,1H3;1H/t7?,8-,9+,10?;. The van der Waals surface area contributed by atoms with Gasteiger partial charge in [-0.1, -0.05) is 6.92 Å². The van der Waals surface area contributed by atoms with E-state index >= 15 is 0 Å².